The van der Waals surface area contributed by atoms with E-state index in [0.717, 1.165) is 25.7 Å². The highest BCUT2D eigenvalue weighted by atomic mass is 16.6. The quantitative estimate of drug-likeness (QED) is 0.740. The van der Waals surface area contributed by atoms with E-state index in [4.69, 9.17) is 4.74 Å². The van der Waals surface area contributed by atoms with Crippen molar-refractivity contribution in [1.82, 2.24) is 0 Å². The van der Waals surface area contributed by atoms with E-state index in [1.54, 1.807) is 0 Å². The zero-order chi connectivity index (χ0) is 13.7. The average Bonchev–Trinajstić information content (AvgIpc) is 2.61. The van der Waals surface area contributed by atoms with Gasteiger partial charge in [0.15, 0.2) is 0 Å². The number of fused-ring (bicyclic) bond motifs is 2. The summed E-state index contributed by atoms with van der Waals surface area (Å²) in [5.41, 5.74) is 0. The monoisotopic (exact) mass is 266 g/mol. The van der Waals surface area contributed by atoms with E-state index < -0.39 is 11.9 Å². The van der Waals surface area contributed by atoms with Crippen LogP contribution in [0.2, 0.25) is 0 Å². The van der Waals surface area contributed by atoms with Crippen molar-refractivity contribution >= 4 is 11.9 Å². The summed E-state index contributed by atoms with van der Waals surface area (Å²) >= 11 is 0. The Morgan fingerprint density at radius 3 is 2.68 bits per heavy atom. The predicted octanol–water partition coefficient (Wildman–Crippen LogP) is 2.32. The fourth-order valence-electron chi connectivity index (χ4n) is 4.85. The van der Waals surface area contributed by atoms with E-state index in [1.165, 1.54) is 0 Å². The standard InChI is InChI=1S/C15H22O4/c1-7-3-4-10-9(5-7)6-11-12(13(10)14(16)17)8(2)19-15(11)18/h7-13H,3-6H2,1-2H3,(H,16,17)/t7-,8-,9+,10?,11-,12?,13+/m1/s1. The van der Waals surface area contributed by atoms with E-state index in [9.17, 15) is 14.7 Å². The SMILES string of the molecule is C[C@@H]1CCC2[C@@H](C1)C[C@H]1C(=O)O[C@H](C)C1[C@H]2C(=O)O. The summed E-state index contributed by atoms with van der Waals surface area (Å²) in [6.07, 6.45) is 3.78. The Kier molecular flexibility index (Phi) is 3.06. The Bertz CT molecular complexity index is 405. The number of carboxylic acid groups (broad SMARTS) is 1. The first-order valence-electron chi connectivity index (χ1n) is 7.42. The van der Waals surface area contributed by atoms with E-state index in [1.807, 2.05) is 6.92 Å². The molecule has 0 radical (unpaired) electrons. The van der Waals surface area contributed by atoms with Gasteiger partial charge in [0.1, 0.15) is 6.10 Å². The molecule has 0 aromatic carbocycles. The van der Waals surface area contributed by atoms with Crippen molar-refractivity contribution in [3.05, 3.63) is 0 Å². The van der Waals surface area contributed by atoms with Gasteiger partial charge < -0.3 is 9.84 Å². The normalized spacial score (nSPS) is 49.2. The molecule has 3 rings (SSSR count). The van der Waals surface area contributed by atoms with Gasteiger partial charge in [-0.15, -0.1) is 0 Å². The van der Waals surface area contributed by atoms with Gasteiger partial charge in [-0.2, -0.15) is 0 Å². The molecule has 4 heteroatoms. The molecule has 19 heavy (non-hydrogen) atoms. The van der Waals surface area contributed by atoms with Crippen LogP contribution in [0.3, 0.4) is 0 Å². The molecule has 0 aromatic rings. The van der Waals surface area contributed by atoms with Crippen molar-refractivity contribution in [2.45, 2.75) is 45.6 Å². The Balaban J connectivity index is 1.92. The maximum absolute atomic E-state index is 11.9. The minimum atomic E-state index is -0.732. The Hall–Kier alpha value is -1.06. The van der Waals surface area contributed by atoms with Gasteiger partial charge in [0.25, 0.3) is 0 Å². The minimum Gasteiger partial charge on any atom is -0.481 e. The number of carbonyl (C=O) groups excluding carboxylic acids is 1. The molecule has 7 atom stereocenters. The lowest BCUT2D eigenvalue weighted by atomic mass is 9.56. The molecule has 0 aromatic heterocycles. The van der Waals surface area contributed by atoms with Crippen LogP contribution in [0.25, 0.3) is 0 Å². The van der Waals surface area contributed by atoms with Gasteiger partial charge in [-0.1, -0.05) is 13.3 Å². The van der Waals surface area contributed by atoms with Crippen molar-refractivity contribution < 1.29 is 19.4 Å². The summed E-state index contributed by atoms with van der Waals surface area (Å²) in [6, 6.07) is 0. The Morgan fingerprint density at radius 2 is 2.00 bits per heavy atom. The van der Waals surface area contributed by atoms with Gasteiger partial charge in [0.2, 0.25) is 0 Å². The summed E-state index contributed by atoms with van der Waals surface area (Å²) in [6.45, 7) is 4.08. The zero-order valence-electron chi connectivity index (χ0n) is 11.5. The zero-order valence-corrected chi connectivity index (χ0v) is 11.5. The highest BCUT2D eigenvalue weighted by molar-refractivity contribution is 5.79. The smallest absolute Gasteiger partial charge is 0.309 e. The van der Waals surface area contributed by atoms with Crippen LogP contribution in [0.1, 0.15) is 39.5 Å². The van der Waals surface area contributed by atoms with Crippen molar-refractivity contribution in [3.63, 3.8) is 0 Å². The molecule has 1 aliphatic heterocycles. The van der Waals surface area contributed by atoms with Gasteiger partial charge in [-0.3, -0.25) is 9.59 Å². The topological polar surface area (TPSA) is 63.6 Å². The van der Waals surface area contributed by atoms with Crippen LogP contribution < -0.4 is 0 Å². The highest BCUT2D eigenvalue weighted by Crippen LogP contribution is 2.53. The summed E-state index contributed by atoms with van der Waals surface area (Å²) < 4.78 is 5.32. The summed E-state index contributed by atoms with van der Waals surface area (Å²) in [5.74, 6) is -0.289. The fraction of sp³-hybridized carbons (Fsp3) is 0.867. The van der Waals surface area contributed by atoms with Crippen LogP contribution in [0.4, 0.5) is 0 Å². The van der Waals surface area contributed by atoms with Gasteiger partial charge in [-0.05, 0) is 43.9 Å². The maximum Gasteiger partial charge on any atom is 0.309 e. The number of carbonyl (C=O) groups is 2. The minimum absolute atomic E-state index is 0.111. The molecule has 2 saturated carbocycles. The molecule has 1 saturated heterocycles. The highest BCUT2D eigenvalue weighted by Gasteiger charge is 2.57. The molecule has 3 fully saturated rings. The van der Waals surface area contributed by atoms with Gasteiger partial charge in [0, 0.05) is 5.92 Å². The van der Waals surface area contributed by atoms with Crippen molar-refractivity contribution in [3.8, 4) is 0 Å². The third-order valence-corrected chi connectivity index (χ3v) is 5.63. The third-order valence-electron chi connectivity index (χ3n) is 5.63. The van der Waals surface area contributed by atoms with Crippen LogP contribution in [0.15, 0.2) is 0 Å². The first kappa shape index (κ1) is 12.9. The van der Waals surface area contributed by atoms with E-state index in [-0.39, 0.29) is 29.8 Å². The van der Waals surface area contributed by atoms with Gasteiger partial charge in [-0.25, -0.2) is 0 Å². The van der Waals surface area contributed by atoms with E-state index in [0.29, 0.717) is 11.8 Å². The lowest BCUT2D eigenvalue weighted by Crippen LogP contribution is -2.47. The number of aliphatic carboxylic acids is 1. The number of esters is 1. The first-order valence-corrected chi connectivity index (χ1v) is 7.42. The van der Waals surface area contributed by atoms with E-state index in [2.05, 4.69) is 6.92 Å². The number of cyclic esters (lactones) is 1. The predicted molar refractivity (Wildman–Crippen MR) is 68.3 cm³/mol. The number of rotatable bonds is 1. The van der Waals surface area contributed by atoms with Crippen molar-refractivity contribution in [2.24, 2.45) is 35.5 Å². The molecule has 4 nitrogen and oxygen atoms in total. The molecule has 1 N–H and O–H groups in total. The molecule has 2 unspecified atom stereocenters. The molecule has 0 spiro atoms. The number of carboxylic acids is 1. The fourth-order valence-corrected chi connectivity index (χ4v) is 4.85. The van der Waals surface area contributed by atoms with Gasteiger partial charge in [0.05, 0.1) is 11.8 Å². The van der Waals surface area contributed by atoms with Gasteiger partial charge >= 0.3 is 11.9 Å². The maximum atomic E-state index is 11.9. The number of ether oxygens (including phenoxy) is 1. The lowest BCUT2D eigenvalue weighted by Gasteiger charge is -2.46. The molecule has 2 aliphatic carbocycles. The molecule has 1 heterocycles. The second kappa shape index (κ2) is 4.50. The third kappa shape index (κ3) is 1.96. The molecular weight excluding hydrogens is 244 g/mol. The lowest BCUT2D eigenvalue weighted by molar-refractivity contribution is -0.153. The molecule has 0 bridgehead atoms. The summed E-state index contributed by atoms with van der Waals surface area (Å²) in [7, 11) is 0. The number of hydrogen-bond acceptors (Lipinski definition) is 3. The average molecular weight is 266 g/mol. The Labute approximate surface area is 113 Å². The second-order valence-corrected chi connectivity index (χ2v) is 6.77. The van der Waals surface area contributed by atoms with Crippen molar-refractivity contribution in [1.29, 1.82) is 0 Å². The molecule has 3 aliphatic rings. The molecule has 0 amide bonds. The van der Waals surface area contributed by atoms with Crippen LogP contribution in [0, 0.1) is 35.5 Å². The Morgan fingerprint density at radius 1 is 1.26 bits per heavy atom. The second-order valence-electron chi connectivity index (χ2n) is 6.77. The number of hydrogen-bond donors (Lipinski definition) is 1. The summed E-state index contributed by atoms with van der Waals surface area (Å²) in [5, 5.41) is 9.63. The molecular formula is C15H22O4. The van der Waals surface area contributed by atoms with Crippen LogP contribution in [0.5, 0.6) is 0 Å². The van der Waals surface area contributed by atoms with Crippen LogP contribution in [-0.4, -0.2) is 23.1 Å². The van der Waals surface area contributed by atoms with E-state index >= 15 is 0 Å². The summed E-state index contributed by atoms with van der Waals surface area (Å²) in [4.78, 5) is 23.6. The van der Waals surface area contributed by atoms with Crippen molar-refractivity contribution in [2.75, 3.05) is 0 Å². The first-order chi connectivity index (χ1) is 8.99. The van der Waals surface area contributed by atoms with Crippen LogP contribution >= 0.6 is 0 Å². The molecule has 106 valence electrons. The van der Waals surface area contributed by atoms with Crippen LogP contribution in [-0.2, 0) is 14.3 Å². The largest absolute Gasteiger partial charge is 0.481 e.